The van der Waals surface area contributed by atoms with E-state index in [9.17, 15) is 0 Å². The van der Waals surface area contributed by atoms with Crippen LogP contribution in [-0.2, 0) is 6.54 Å². The van der Waals surface area contributed by atoms with Crippen LogP contribution in [0.2, 0.25) is 0 Å². The van der Waals surface area contributed by atoms with Crippen LogP contribution in [0.25, 0.3) is 0 Å². The maximum atomic E-state index is 6.15. The second kappa shape index (κ2) is 6.30. The molecule has 0 saturated heterocycles. The van der Waals surface area contributed by atoms with E-state index >= 15 is 0 Å². The van der Waals surface area contributed by atoms with Crippen LogP contribution in [0, 0.1) is 13.8 Å². The molecular formula is C18H24N2S. The molecule has 0 amide bonds. The van der Waals surface area contributed by atoms with Crippen molar-refractivity contribution in [2.24, 2.45) is 5.73 Å². The summed E-state index contributed by atoms with van der Waals surface area (Å²) >= 11 is 1.84. The molecule has 1 unspecified atom stereocenters. The Morgan fingerprint density at radius 2 is 2.05 bits per heavy atom. The highest BCUT2D eigenvalue weighted by Crippen LogP contribution is 2.36. The maximum Gasteiger partial charge on any atom is 0.0477 e. The van der Waals surface area contributed by atoms with Crippen LogP contribution in [0.1, 0.15) is 40.5 Å². The molecule has 1 saturated carbocycles. The molecule has 21 heavy (non-hydrogen) atoms. The smallest absolute Gasteiger partial charge is 0.0477 e. The van der Waals surface area contributed by atoms with Crippen LogP contribution >= 0.6 is 11.3 Å². The van der Waals surface area contributed by atoms with Gasteiger partial charge in [0.25, 0.3) is 0 Å². The number of benzene rings is 1. The number of aryl methyl sites for hydroxylation is 2. The molecule has 1 aromatic heterocycles. The first-order valence-corrected chi connectivity index (χ1v) is 8.62. The van der Waals surface area contributed by atoms with E-state index in [4.69, 9.17) is 5.73 Å². The number of nitrogens with two attached hydrogens (primary N) is 1. The van der Waals surface area contributed by atoms with Gasteiger partial charge in [0.2, 0.25) is 0 Å². The Morgan fingerprint density at radius 3 is 2.62 bits per heavy atom. The van der Waals surface area contributed by atoms with E-state index in [0.29, 0.717) is 18.6 Å². The van der Waals surface area contributed by atoms with Gasteiger partial charge in [0.05, 0.1) is 0 Å². The van der Waals surface area contributed by atoms with Crippen molar-refractivity contribution in [3.8, 4) is 0 Å². The fourth-order valence-corrected chi connectivity index (χ4v) is 3.63. The zero-order valence-electron chi connectivity index (χ0n) is 12.9. The molecule has 0 bridgehead atoms. The lowest BCUT2D eigenvalue weighted by atomic mass is 9.99. The van der Waals surface area contributed by atoms with Crippen molar-refractivity contribution in [2.75, 3.05) is 6.54 Å². The van der Waals surface area contributed by atoms with Gasteiger partial charge in [-0.1, -0.05) is 24.3 Å². The van der Waals surface area contributed by atoms with Crippen molar-refractivity contribution in [2.45, 2.75) is 45.3 Å². The van der Waals surface area contributed by atoms with E-state index in [0.717, 1.165) is 6.54 Å². The number of thiophene rings is 1. The lowest BCUT2D eigenvalue weighted by Crippen LogP contribution is -2.35. The van der Waals surface area contributed by atoms with Crippen LogP contribution in [0.4, 0.5) is 0 Å². The van der Waals surface area contributed by atoms with Gasteiger partial charge in [0, 0.05) is 30.1 Å². The first-order valence-electron chi connectivity index (χ1n) is 7.74. The molecule has 3 rings (SSSR count). The van der Waals surface area contributed by atoms with Gasteiger partial charge < -0.3 is 5.73 Å². The highest BCUT2D eigenvalue weighted by Gasteiger charge is 2.34. The third kappa shape index (κ3) is 3.37. The summed E-state index contributed by atoms with van der Waals surface area (Å²) in [6.07, 6.45) is 2.62. The zero-order chi connectivity index (χ0) is 14.8. The fourth-order valence-electron chi connectivity index (χ4n) is 2.92. The lowest BCUT2D eigenvalue weighted by molar-refractivity contribution is 0.183. The molecule has 2 nitrogen and oxygen atoms in total. The van der Waals surface area contributed by atoms with Crippen LogP contribution in [0.15, 0.2) is 35.7 Å². The molecule has 2 N–H and O–H groups in total. The molecule has 1 heterocycles. The minimum Gasteiger partial charge on any atom is -0.329 e. The minimum atomic E-state index is 0.332. The Hall–Kier alpha value is -1.16. The number of nitrogens with zero attached hydrogens (tertiary/aromatic N) is 1. The van der Waals surface area contributed by atoms with Crippen LogP contribution in [-0.4, -0.2) is 17.5 Å². The average Bonchev–Trinajstić information content (AvgIpc) is 3.20. The van der Waals surface area contributed by atoms with E-state index in [-0.39, 0.29) is 0 Å². The molecule has 0 aliphatic heterocycles. The first-order chi connectivity index (χ1) is 10.2. The third-order valence-electron chi connectivity index (χ3n) is 4.47. The summed E-state index contributed by atoms with van der Waals surface area (Å²) in [7, 11) is 0. The summed E-state index contributed by atoms with van der Waals surface area (Å²) in [4.78, 5) is 4.04. The van der Waals surface area contributed by atoms with Gasteiger partial charge in [-0.05, 0) is 54.8 Å². The normalized spacial score (nSPS) is 16.4. The summed E-state index contributed by atoms with van der Waals surface area (Å²) in [5.74, 6) is 0. The summed E-state index contributed by atoms with van der Waals surface area (Å²) < 4.78 is 0. The molecule has 112 valence electrons. The zero-order valence-corrected chi connectivity index (χ0v) is 13.7. The Balaban J connectivity index is 1.86. The molecule has 2 aromatic rings. The van der Waals surface area contributed by atoms with Crippen molar-refractivity contribution < 1.29 is 0 Å². The molecule has 1 aromatic carbocycles. The van der Waals surface area contributed by atoms with Crippen LogP contribution in [0.5, 0.6) is 0 Å². The summed E-state index contributed by atoms with van der Waals surface area (Å²) in [6.45, 7) is 6.06. The third-order valence-corrected chi connectivity index (χ3v) is 5.33. The standard InChI is InChI=1S/C18H24N2S/c1-13-5-6-15(10-14(13)2)18(11-19)20(16-7-8-16)12-17-4-3-9-21-17/h3-6,9-10,16,18H,7-8,11-12,19H2,1-2H3. The highest BCUT2D eigenvalue weighted by atomic mass is 32.1. The maximum absolute atomic E-state index is 6.15. The van der Waals surface area contributed by atoms with Crippen molar-refractivity contribution in [1.82, 2.24) is 4.90 Å². The fraction of sp³-hybridized carbons (Fsp3) is 0.444. The highest BCUT2D eigenvalue weighted by molar-refractivity contribution is 7.09. The van der Waals surface area contributed by atoms with Crippen LogP contribution < -0.4 is 5.73 Å². The predicted molar refractivity (Wildman–Crippen MR) is 90.6 cm³/mol. The van der Waals surface area contributed by atoms with Crippen molar-refractivity contribution in [1.29, 1.82) is 0 Å². The number of hydrogen-bond donors (Lipinski definition) is 1. The van der Waals surface area contributed by atoms with Gasteiger partial charge in [-0.2, -0.15) is 0 Å². The van der Waals surface area contributed by atoms with Gasteiger partial charge >= 0.3 is 0 Å². The second-order valence-corrected chi connectivity index (χ2v) is 7.11. The largest absolute Gasteiger partial charge is 0.329 e. The number of rotatable bonds is 6. The topological polar surface area (TPSA) is 29.3 Å². The molecular weight excluding hydrogens is 276 g/mol. The second-order valence-electron chi connectivity index (χ2n) is 6.08. The molecule has 0 radical (unpaired) electrons. The Labute approximate surface area is 131 Å². The summed E-state index contributed by atoms with van der Waals surface area (Å²) in [5, 5.41) is 2.16. The van der Waals surface area contributed by atoms with Crippen molar-refractivity contribution >= 4 is 11.3 Å². The molecule has 1 aliphatic rings. The van der Waals surface area contributed by atoms with Gasteiger partial charge in [-0.15, -0.1) is 11.3 Å². The SMILES string of the molecule is Cc1ccc(C(CN)N(Cc2cccs2)C2CC2)cc1C. The quantitative estimate of drug-likeness (QED) is 0.872. The Kier molecular flexibility index (Phi) is 4.43. The predicted octanol–water partition coefficient (Wildman–Crippen LogP) is 4.03. The van der Waals surface area contributed by atoms with E-state index in [1.54, 1.807) is 0 Å². The van der Waals surface area contributed by atoms with Gasteiger partial charge in [0.15, 0.2) is 0 Å². The first kappa shape index (κ1) is 14.8. The molecule has 1 fully saturated rings. The van der Waals surface area contributed by atoms with Gasteiger partial charge in [-0.25, -0.2) is 0 Å². The lowest BCUT2D eigenvalue weighted by Gasteiger charge is -2.31. The van der Waals surface area contributed by atoms with Crippen LogP contribution in [0.3, 0.4) is 0 Å². The van der Waals surface area contributed by atoms with E-state index < -0.39 is 0 Å². The van der Waals surface area contributed by atoms with Gasteiger partial charge in [0.1, 0.15) is 0 Å². The van der Waals surface area contributed by atoms with E-state index in [2.05, 4.69) is 54.5 Å². The van der Waals surface area contributed by atoms with E-state index in [1.807, 2.05) is 11.3 Å². The minimum absolute atomic E-state index is 0.332. The Bertz CT molecular complexity index is 587. The Morgan fingerprint density at radius 1 is 1.24 bits per heavy atom. The molecule has 1 atom stereocenters. The molecule has 1 aliphatic carbocycles. The van der Waals surface area contributed by atoms with E-state index in [1.165, 1.54) is 34.4 Å². The average molecular weight is 300 g/mol. The summed E-state index contributed by atoms with van der Waals surface area (Å²) in [6, 6.07) is 12.2. The van der Waals surface area contributed by atoms with Crippen molar-refractivity contribution in [3.63, 3.8) is 0 Å². The number of hydrogen-bond acceptors (Lipinski definition) is 3. The van der Waals surface area contributed by atoms with Gasteiger partial charge in [-0.3, -0.25) is 4.90 Å². The monoisotopic (exact) mass is 300 g/mol. The summed E-state index contributed by atoms with van der Waals surface area (Å²) in [5.41, 5.74) is 10.2. The molecule has 0 spiro atoms. The molecule has 3 heteroatoms. The van der Waals surface area contributed by atoms with Crippen molar-refractivity contribution in [3.05, 3.63) is 57.3 Å².